The van der Waals surface area contributed by atoms with Crippen LogP contribution in [0.2, 0.25) is 5.02 Å². The van der Waals surface area contributed by atoms with E-state index in [2.05, 4.69) is 16.0 Å². The first kappa shape index (κ1) is 84.8. The van der Waals surface area contributed by atoms with E-state index in [1.165, 1.54) is 89.7 Å². The zero-order valence-corrected chi connectivity index (χ0v) is 65.5. The van der Waals surface area contributed by atoms with E-state index in [4.69, 9.17) is 11.6 Å². The van der Waals surface area contributed by atoms with E-state index in [-0.39, 0.29) is 75.3 Å². The number of likely N-dealkylation sites (tertiary alicyclic amines) is 1. The summed E-state index contributed by atoms with van der Waals surface area (Å²) in [7, 11) is 10.1. The van der Waals surface area contributed by atoms with Crippen molar-refractivity contribution < 1.29 is 70.7 Å². The van der Waals surface area contributed by atoms with Gasteiger partial charge in [-0.2, -0.15) is 13.2 Å². The summed E-state index contributed by atoms with van der Waals surface area (Å²) in [5, 5.41) is 8.27. The highest BCUT2D eigenvalue weighted by molar-refractivity contribution is 6.31. The van der Waals surface area contributed by atoms with Crippen molar-refractivity contribution >= 4 is 82.5 Å². The van der Waals surface area contributed by atoms with Gasteiger partial charge < -0.3 is 60.0 Å². The molecule has 8 rings (SSSR count). The summed E-state index contributed by atoms with van der Waals surface area (Å²) in [6.07, 6.45) is 6.36. The molecule has 1 spiro atoms. The number of nitrogens with zero attached hydrogens (tertiary/aromatic N) is 9. The number of hydrogen-bond acceptors (Lipinski definition) is 12. The first-order valence-electron chi connectivity index (χ1n) is 38.9. The molecule has 0 bridgehead atoms. The zero-order valence-electron chi connectivity index (χ0n) is 64.7. The van der Waals surface area contributed by atoms with Crippen LogP contribution in [0.15, 0.2) is 48.5 Å². The van der Waals surface area contributed by atoms with Crippen molar-refractivity contribution in [3.63, 3.8) is 0 Å². The van der Waals surface area contributed by atoms with Crippen LogP contribution >= 0.6 is 11.6 Å². The van der Waals surface area contributed by atoms with Crippen molar-refractivity contribution in [2.24, 2.45) is 23.7 Å². The van der Waals surface area contributed by atoms with Crippen molar-refractivity contribution in [1.82, 2.24) is 60.0 Å². The van der Waals surface area contributed by atoms with Crippen LogP contribution in [0, 0.1) is 23.7 Å². The van der Waals surface area contributed by atoms with Gasteiger partial charge in [0, 0.05) is 75.4 Å². The molecule has 9 atom stereocenters. The second-order valence-corrected chi connectivity index (χ2v) is 32.1. The predicted molar refractivity (Wildman–Crippen MR) is 398 cm³/mol. The van der Waals surface area contributed by atoms with Crippen LogP contribution in [0.25, 0.3) is 0 Å². The van der Waals surface area contributed by atoms with E-state index >= 15 is 38.4 Å². The van der Waals surface area contributed by atoms with Gasteiger partial charge in [-0.1, -0.05) is 146 Å². The molecule has 0 radical (unpaired) electrons. The number of nitrogens with one attached hydrogen (secondary N) is 3. The van der Waals surface area contributed by atoms with Crippen molar-refractivity contribution in [1.29, 1.82) is 0 Å². The fourth-order valence-corrected chi connectivity index (χ4v) is 17.0. The quantitative estimate of drug-likeness (QED) is 0.175. The topological polar surface area (TPSA) is 270 Å². The number of amides is 12. The molecule has 6 fully saturated rings. The molecule has 3 aliphatic heterocycles. The number of rotatable bonds is 13. The van der Waals surface area contributed by atoms with Gasteiger partial charge in [0.25, 0.3) is 0 Å². The smallest absolute Gasteiger partial charge is 0.343 e. The van der Waals surface area contributed by atoms with Gasteiger partial charge in [0.05, 0.1) is 30.1 Å². The highest BCUT2D eigenvalue weighted by atomic mass is 35.5. The zero-order chi connectivity index (χ0) is 78.4. The number of alkyl halides is 3. The maximum Gasteiger partial charge on any atom is 0.417 e. The highest BCUT2D eigenvalue weighted by Gasteiger charge is 2.52. The van der Waals surface area contributed by atoms with Crippen LogP contribution in [0.1, 0.15) is 192 Å². The summed E-state index contributed by atoms with van der Waals surface area (Å²) in [5.41, 5.74) is -1.84. The first-order chi connectivity index (χ1) is 50.7. The summed E-state index contributed by atoms with van der Waals surface area (Å²) in [4.78, 5) is 194. The van der Waals surface area contributed by atoms with Gasteiger partial charge in [-0.15, -0.1) is 0 Å². The summed E-state index contributed by atoms with van der Waals surface area (Å²) in [5.74, 6) is -8.82. The van der Waals surface area contributed by atoms with Gasteiger partial charge in [0.15, 0.2) is 0 Å². The van der Waals surface area contributed by atoms with Crippen LogP contribution < -0.4 is 16.0 Å². The maximum atomic E-state index is 16.0. The van der Waals surface area contributed by atoms with Crippen LogP contribution in [0.5, 0.6) is 0 Å². The van der Waals surface area contributed by atoms with Crippen LogP contribution in [-0.2, 0) is 76.6 Å². The van der Waals surface area contributed by atoms with E-state index in [1.54, 1.807) is 42.2 Å². The van der Waals surface area contributed by atoms with Gasteiger partial charge in [-0.25, -0.2) is 0 Å². The average molecular weight is 1520 g/mol. The number of fused-ring (bicyclic) bond motifs is 1. The Morgan fingerprint density at radius 3 is 1.79 bits per heavy atom. The molecule has 3 saturated heterocycles. The molecule has 0 unspecified atom stereocenters. The van der Waals surface area contributed by atoms with E-state index < -0.39 is 173 Å². The Hall–Kier alpha value is -7.84. The van der Waals surface area contributed by atoms with Gasteiger partial charge in [0.1, 0.15) is 53.9 Å². The van der Waals surface area contributed by atoms with E-state index in [9.17, 15) is 32.3 Å². The third-order valence-electron chi connectivity index (χ3n) is 23.7. The minimum Gasteiger partial charge on any atom is -0.343 e. The standard InChI is InChI=1S/C79H116ClF3N12O12/c1-12-51(4)67-75(105)88(6)49-66(98)95-42-37-59(95)73(103)91(9)62(46-53-29-19-14-20-30-53)72(102)87(5)48-64(96)84-58(36-34-54-33-35-56(57(80)44-54)79(81,82)83)71(101)90(8)61(45-52-27-17-13-18-28-52)70(100)86-78(38-23-24-39-78)77(107)93(11)68(55-31-21-15-22-32-55)76(106)92(10)63(74(104)94-40-25-16-26-41-94)47-65(97)89(7)60(43-50(2)3)69(99)85-67/h13,17-18,27-28,33,35,44,50-51,53,55,58-63,67-68H,12,14-16,19-26,29-32,34,36-43,45-49H2,1-11H3,(H,84,96)(H,85,99)(H,86,100)/t51-,58-,59-,60-,61-,62-,63-,67-,68-/m0/s1. The van der Waals surface area contributed by atoms with Crippen molar-refractivity contribution in [3.8, 4) is 0 Å². The molecule has 3 aliphatic carbocycles. The molecule has 592 valence electrons. The SMILES string of the molecule is CC[C@H](C)[C@@H]1NC(=O)[C@H](CC(C)C)N(C)C(=O)C[C@@H](C(=O)N2CCCCC2)N(C)C(=O)[C@H](C2CCCCC2)N(C)C(=O)C2(CCCC2)NC(=O)[C@H](Cc2ccccc2)N(C)C(=O)[C@H](CCc2ccc(C(F)(F)F)c(Cl)c2)NC(=O)CN(C)C(=O)[C@H](CC2CCCCC2)N(C)C(=O)[C@@H]2CCN2C(=O)CN(C)C1=O. The molecule has 2 aromatic carbocycles. The summed E-state index contributed by atoms with van der Waals surface area (Å²) < 4.78 is 42.0. The number of aryl methyl sites for hydroxylation is 1. The normalized spacial score (nSPS) is 26.5. The first-order valence-corrected chi connectivity index (χ1v) is 39.3. The number of likely N-dealkylation sites (N-methyl/N-ethyl adjacent to an activating group) is 7. The lowest BCUT2D eigenvalue weighted by atomic mass is 9.81. The number of hydrogen-bond donors (Lipinski definition) is 3. The van der Waals surface area contributed by atoms with Crippen molar-refractivity contribution in [2.75, 3.05) is 82.1 Å². The minimum absolute atomic E-state index is 0.0113. The Balaban J connectivity index is 1.22. The third kappa shape index (κ3) is 21.2. The summed E-state index contributed by atoms with van der Waals surface area (Å²) >= 11 is 6.22. The molecule has 107 heavy (non-hydrogen) atoms. The highest BCUT2D eigenvalue weighted by Crippen LogP contribution is 2.39. The molecule has 3 heterocycles. The molecular formula is C79H116ClF3N12O12. The van der Waals surface area contributed by atoms with Crippen LogP contribution in [-0.4, -0.2) is 251 Å². The predicted octanol–water partition coefficient (Wildman–Crippen LogP) is 7.64. The lowest BCUT2D eigenvalue weighted by molar-refractivity contribution is -0.158. The van der Waals surface area contributed by atoms with E-state index in [0.717, 1.165) is 74.8 Å². The maximum absolute atomic E-state index is 16.0. The van der Waals surface area contributed by atoms with E-state index in [0.29, 0.717) is 63.6 Å². The fourth-order valence-electron chi connectivity index (χ4n) is 16.7. The molecule has 3 saturated carbocycles. The molecule has 24 nitrogen and oxygen atoms in total. The largest absolute Gasteiger partial charge is 0.417 e. The Morgan fingerprint density at radius 1 is 0.598 bits per heavy atom. The van der Waals surface area contributed by atoms with E-state index in [1.807, 2.05) is 20.8 Å². The molecule has 3 N–H and O–H groups in total. The molecule has 2 aromatic rings. The van der Waals surface area contributed by atoms with Crippen LogP contribution in [0.3, 0.4) is 0 Å². The fraction of sp³-hybridized carbons (Fsp3) is 0.696. The Bertz CT molecular complexity index is 3490. The van der Waals surface area contributed by atoms with Gasteiger partial charge in [-0.3, -0.25) is 57.5 Å². The number of benzene rings is 2. The van der Waals surface area contributed by atoms with Crippen LogP contribution in [0.4, 0.5) is 13.2 Å². The molecule has 12 amide bonds. The molecule has 0 aromatic heterocycles. The second kappa shape index (κ2) is 38.0. The second-order valence-electron chi connectivity index (χ2n) is 31.7. The third-order valence-corrected chi connectivity index (χ3v) is 24.0. The molecular weight excluding hydrogens is 1400 g/mol. The molecule has 28 heteroatoms. The minimum atomic E-state index is -4.78. The number of piperidine rings is 1. The Kier molecular flexibility index (Phi) is 30.1. The average Bonchev–Trinajstić information content (AvgIpc) is 1.74. The van der Waals surface area contributed by atoms with Crippen molar-refractivity contribution in [3.05, 3.63) is 70.2 Å². The summed E-state index contributed by atoms with van der Waals surface area (Å²) in [6, 6.07) is 1.86. The number of carbonyl (C=O) groups is 12. The monoisotopic (exact) mass is 1520 g/mol. The summed E-state index contributed by atoms with van der Waals surface area (Å²) in [6.45, 7) is 7.13. The van der Waals surface area contributed by atoms with Crippen molar-refractivity contribution in [2.45, 2.75) is 248 Å². The Labute approximate surface area is 634 Å². The van der Waals surface area contributed by atoms with Gasteiger partial charge >= 0.3 is 6.18 Å². The Morgan fingerprint density at radius 2 is 1.21 bits per heavy atom. The lowest BCUT2D eigenvalue weighted by Gasteiger charge is -2.44. The molecule has 6 aliphatic rings. The number of halogens is 4. The lowest BCUT2D eigenvalue weighted by Crippen LogP contribution is -2.66. The number of carbonyl (C=O) groups excluding carboxylic acids is 12. The van der Waals surface area contributed by atoms with Gasteiger partial charge in [-0.05, 0) is 124 Å². The van der Waals surface area contributed by atoms with Gasteiger partial charge in [0.2, 0.25) is 70.9 Å².